The molecule has 4 aliphatic rings. The fourth-order valence-corrected chi connectivity index (χ4v) is 5.73. The number of hydrogen-bond acceptors (Lipinski definition) is 0. The van der Waals surface area contributed by atoms with Crippen LogP contribution in [0.2, 0.25) is 0 Å². The van der Waals surface area contributed by atoms with Crippen LogP contribution in [0.5, 0.6) is 0 Å². The van der Waals surface area contributed by atoms with Gasteiger partial charge in [-0.05, 0) is 51.6 Å². The lowest BCUT2D eigenvalue weighted by atomic mass is 9.51. The second kappa shape index (κ2) is 3.64. The molecule has 0 heterocycles. The summed E-state index contributed by atoms with van der Waals surface area (Å²) in [6.45, 7) is 0. The Morgan fingerprint density at radius 2 is 1.59 bits per heavy atom. The third-order valence-electron chi connectivity index (χ3n) is 4.62. The molecule has 3 heteroatoms. The van der Waals surface area contributed by atoms with Gasteiger partial charge in [-0.15, -0.1) is 23.2 Å². The average Bonchev–Trinajstić information content (AvgIpc) is 2.37. The molecule has 17 heavy (non-hydrogen) atoms. The molecule has 0 radical (unpaired) electrons. The molecule has 1 fully saturated rings. The molecule has 0 spiro atoms. The third kappa shape index (κ3) is 1.26. The molecular formula is C14H11Cl2I. The first-order valence-corrected chi connectivity index (χ1v) is 7.90. The number of halogens is 3. The maximum absolute atomic E-state index is 6.42. The van der Waals surface area contributed by atoms with Crippen LogP contribution in [0.3, 0.4) is 0 Å². The Balaban J connectivity index is 1.93. The van der Waals surface area contributed by atoms with E-state index in [2.05, 4.69) is 52.9 Å². The van der Waals surface area contributed by atoms with Crippen molar-refractivity contribution in [2.24, 2.45) is 11.8 Å². The van der Waals surface area contributed by atoms with E-state index in [1.807, 2.05) is 0 Å². The Kier molecular flexibility index (Phi) is 2.38. The van der Waals surface area contributed by atoms with Crippen LogP contribution in [0.25, 0.3) is 0 Å². The molecule has 0 aromatic heterocycles. The number of benzene rings is 1. The van der Waals surface area contributed by atoms with Gasteiger partial charge < -0.3 is 0 Å². The quantitative estimate of drug-likeness (QED) is 0.355. The molecule has 2 bridgehead atoms. The highest BCUT2D eigenvalue weighted by atomic mass is 127. The van der Waals surface area contributed by atoms with E-state index in [4.69, 9.17) is 23.2 Å². The summed E-state index contributed by atoms with van der Waals surface area (Å²) in [5, 5.41) is 0.286. The maximum Gasteiger partial charge on any atom is 0.0543 e. The minimum Gasteiger partial charge on any atom is -0.121 e. The van der Waals surface area contributed by atoms with Crippen LogP contribution in [0, 0.1) is 15.4 Å². The van der Waals surface area contributed by atoms with Crippen molar-refractivity contribution in [3.8, 4) is 0 Å². The highest BCUT2D eigenvalue weighted by Gasteiger charge is 2.59. The van der Waals surface area contributed by atoms with Crippen LogP contribution >= 0.6 is 45.8 Å². The van der Waals surface area contributed by atoms with Gasteiger partial charge in [0.1, 0.15) is 0 Å². The van der Waals surface area contributed by atoms with Gasteiger partial charge in [0.2, 0.25) is 0 Å². The fourth-order valence-electron chi connectivity index (χ4n) is 3.87. The van der Waals surface area contributed by atoms with E-state index in [1.54, 1.807) is 0 Å². The molecule has 1 aromatic carbocycles. The Morgan fingerprint density at radius 1 is 0.941 bits per heavy atom. The molecule has 88 valence electrons. The van der Waals surface area contributed by atoms with Gasteiger partial charge in [-0.2, -0.15) is 0 Å². The van der Waals surface area contributed by atoms with Gasteiger partial charge in [0, 0.05) is 15.4 Å². The number of hydrogen-bond donors (Lipinski definition) is 0. The monoisotopic (exact) mass is 376 g/mol. The van der Waals surface area contributed by atoms with E-state index < -0.39 is 0 Å². The number of rotatable bonds is 0. The lowest BCUT2D eigenvalue weighted by Gasteiger charge is -2.58. The second-order valence-electron chi connectivity index (χ2n) is 5.22. The highest BCUT2D eigenvalue weighted by Crippen LogP contribution is 2.63. The van der Waals surface area contributed by atoms with Crippen LogP contribution in [0.1, 0.15) is 23.0 Å². The summed E-state index contributed by atoms with van der Waals surface area (Å²) in [5.74, 6) is 2.09. The van der Waals surface area contributed by atoms with Crippen LogP contribution < -0.4 is 0 Å². The molecule has 0 amide bonds. The molecule has 5 rings (SSSR count). The Bertz CT molecular complexity index is 525. The average molecular weight is 377 g/mol. The lowest BCUT2D eigenvalue weighted by Crippen LogP contribution is -2.57. The molecule has 1 saturated carbocycles. The molecular weight excluding hydrogens is 366 g/mol. The minimum absolute atomic E-state index is 0.142. The normalized spacial score (nSPS) is 45.1. The van der Waals surface area contributed by atoms with E-state index in [1.165, 1.54) is 14.7 Å². The summed E-state index contributed by atoms with van der Waals surface area (Å²) < 4.78 is 1.37. The summed E-state index contributed by atoms with van der Waals surface area (Å²) in [6, 6.07) is 6.62. The Morgan fingerprint density at radius 3 is 2.35 bits per heavy atom. The van der Waals surface area contributed by atoms with Crippen LogP contribution in [-0.4, -0.2) is 10.8 Å². The lowest BCUT2D eigenvalue weighted by molar-refractivity contribution is 0.129. The van der Waals surface area contributed by atoms with E-state index in [0.717, 1.165) is 0 Å². The van der Waals surface area contributed by atoms with Crippen LogP contribution in [-0.2, 0) is 0 Å². The minimum atomic E-state index is 0.142. The van der Waals surface area contributed by atoms with Crippen molar-refractivity contribution >= 4 is 45.8 Å². The fraction of sp³-hybridized carbons (Fsp3) is 0.429. The first kappa shape index (κ1) is 11.1. The highest BCUT2D eigenvalue weighted by molar-refractivity contribution is 14.1. The molecule has 0 nitrogen and oxygen atoms in total. The standard InChI is InChI=1S/C14H11Cl2I/c15-13-11-7-4-5-8(12(11)14(13)16)10-6(7)2-1-3-9(10)17/h1-5,7-8,11-14H/t7-,8+,11-,12-,13-,14+/m1/s1. The van der Waals surface area contributed by atoms with Crippen molar-refractivity contribution in [2.75, 3.05) is 0 Å². The Labute approximate surface area is 125 Å². The molecule has 1 aromatic rings. The van der Waals surface area contributed by atoms with Gasteiger partial charge in [0.05, 0.1) is 10.8 Å². The molecule has 0 aliphatic heterocycles. The van der Waals surface area contributed by atoms with E-state index in [0.29, 0.717) is 23.7 Å². The summed E-state index contributed by atoms with van der Waals surface area (Å²) in [4.78, 5) is 0. The molecule has 6 atom stereocenters. The third-order valence-corrected chi connectivity index (χ3v) is 6.81. The summed E-state index contributed by atoms with van der Waals surface area (Å²) >= 11 is 15.3. The number of alkyl halides is 2. The topological polar surface area (TPSA) is 0 Å². The first-order chi connectivity index (χ1) is 8.20. The molecule has 4 aliphatic carbocycles. The summed E-state index contributed by atoms with van der Waals surface area (Å²) in [5.41, 5.74) is 3.00. The van der Waals surface area contributed by atoms with E-state index >= 15 is 0 Å². The number of allylic oxidation sites excluding steroid dienone is 2. The smallest absolute Gasteiger partial charge is 0.0543 e. The van der Waals surface area contributed by atoms with Crippen LogP contribution in [0.15, 0.2) is 30.4 Å². The second-order valence-corrected chi connectivity index (χ2v) is 7.39. The zero-order valence-corrected chi connectivity index (χ0v) is 12.7. The van der Waals surface area contributed by atoms with Gasteiger partial charge in [0.15, 0.2) is 0 Å². The molecule has 0 unspecified atom stereocenters. The largest absolute Gasteiger partial charge is 0.121 e. The zero-order valence-electron chi connectivity index (χ0n) is 8.98. The predicted octanol–water partition coefficient (Wildman–Crippen LogP) is 4.50. The zero-order chi connectivity index (χ0) is 11.7. The van der Waals surface area contributed by atoms with Gasteiger partial charge in [-0.1, -0.05) is 24.3 Å². The SMILES string of the molecule is Cl[C@@H]1[C@H](Cl)[C@H]2[C@H]1[C@H]1C=C[C@@H]2c2cccc(I)c21. The van der Waals surface area contributed by atoms with Crippen molar-refractivity contribution in [1.82, 2.24) is 0 Å². The maximum atomic E-state index is 6.42. The van der Waals surface area contributed by atoms with Crippen molar-refractivity contribution in [1.29, 1.82) is 0 Å². The van der Waals surface area contributed by atoms with Crippen molar-refractivity contribution in [2.45, 2.75) is 22.6 Å². The molecule has 0 N–H and O–H groups in total. The Hall–Kier alpha value is 0.270. The van der Waals surface area contributed by atoms with Crippen molar-refractivity contribution < 1.29 is 0 Å². The van der Waals surface area contributed by atoms with Crippen molar-refractivity contribution in [3.05, 3.63) is 45.0 Å². The summed E-state index contributed by atoms with van der Waals surface area (Å²) in [6.07, 6.45) is 4.71. The van der Waals surface area contributed by atoms with Crippen molar-refractivity contribution in [3.63, 3.8) is 0 Å². The van der Waals surface area contributed by atoms with Gasteiger partial charge in [-0.25, -0.2) is 0 Å². The predicted molar refractivity (Wildman–Crippen MR) is 80.0 cm³/mol. The van der Waals surface area contributed by atoms with Crippen LogP contribution in [0.4, 0.5) is 0 Å². The van der Waals surface area contributed by atoms with E-state index in [9.17, 15) is 0 Å². The van der Waals surface area contributed by atoms with Gasteiger partial charge >= 0.3 is 0 Å². The van der Waals surface area contributed by atoms with Gasteiger partial charge in [0.25, 0.3) is 0 Å². The van der Waals surface area contributed by atoms with E-state index in [-0.39, 0.29) is 10.8 Å². The molecule has 0 saturated heterocycles. The first-order valence-electron chi connectivity index (χ1n) is 5.95. The summed E-state index contributed by atoms with van der Waals surface area (Å²) in [7, 11) is 0. The van der Waals surface area contributed by atoms with Gasteiger partial charge in [-0.3, -0.25) is 0 Å².